The van der Waals surface area contributed by atoms with Gasteiger partial charge in [-0.15, -0.1) is 0 Å². The van der Waals surface area contributed by atoms with Crippen molar-refractivity contribution in [1.29, 1.82) is 0 Å². The molecule has 0 aliphatic carbocycles. The van der Waals surface area contributed by atoms with Crippen LogP contribution in [0.15, 0.2) is 65.3 Å². The fourth-order valence-electron chi connectivity index (χ4n) is 2.17. The van der Waals surface area contributed by atoms with E-state index in [2.05, 4.69) is 10.5 Å². The quantitative estimate of drug-likeness (QED) is 0.515. The first-order valence-electron chi connectivity index (χ1n) is 7.50. The molecule has 1 N–H and O–H groups in total. The number of nitrogens with zero attached hydrogens (tertiary/aromatic N) is 2. The van der Waals surface area contributed by atoms with Gasteiger partial charge < -0.3 is 14.6 Å². The Labute approximate surface area is 143 Å². The van der Waals surface area contributed by atoms with Crippen LogP contribution < -0.4 is 10.1 Å². The molecule has 0 amide bonds. The van der Waals surface area contributed by atoms with Crippen LogP contribution in [0.3, 0.4) is 0 Å². The topological polar surface area (TPSA) is 90.4 Å². The summed E-state index contributed by atoms with van der Waals surface area (Å²) in [5, 5.41) is 17.6. The first-order chi connectivity index (χ1) is 12.1. The third-order valence-electron chi connectivity index (χ3n) is 3.36. The summed E-state index contributed by atoms with van der Waals surface area (Å²) in [6.07, 6.45) is 3.02. The molecule has 3 rings (SSSR count). The van der Waals surface area contributed by atoms with Crippen LogP contribution in [0.1, 0.15) is 11.5 Å². The third kappa shape index (κ3) is 4.03. The Bertz CT molecular complexity index is 886. The van der Waals surface area contributed by atoms with Crippen LogP contribution in [0, 0.1) is 17.0 Å². The number of ether oxygens (including phenoxy) is 1. The Morgan fingerprint density at radius 1 is 1.12 bits per heavy atom. The number of anilines is 1. The van der Waals surface area contributed by atoms with E-state index >= 15 is 0 Å². The smallest absolute Gasteiger partial charge is 0.338 e. The van der Waals surface area contributed by atoms with Gasteiger partial charge in [-0.25, -0.2) is 0 Å². The van der Waals surface area contributed by atoms with Crippen LogP contribution in [0.25, 0.3) is 6.08 Å². The second-order valence-electron chi connectivity index (χ2n) is 5.16. The lowest BCUT2D eigenvalue weighted by atomic mass is 10.3. The van der Waals surface area contributed by atoms with Gasteiger partial charge in [-0.1, -0.05) is 23.4 Å². The summed E-state index contributed by atoms with van der Waals surface area (Å²) in [6.45, 7) is 1.53. The van der Waals surface area contributed by atoms with Crippen molar-refractivity contribution in [2.24, 2.45) is 0 Å². The minimum atomic E-state index is -0.513. The molecule has 0 aliphatic rings. The molecule has 1 heterocycles. The van der Waals surface area contributed by atoms with Crippen LogP contribution in [-0.2, 0) is 0 Å². The minimum absolute atomic E-state index is 0.0963. The summed E-state index contributed by atoms with van der Waals surface area (Å²) in [4.78, 5) is 10.4. The monoisotopic (exact) mass is 337 g/mol. The van der Waals surface area contributed by atoms with E-state index in [4.69, 9.17) is 9.26 Å². The van der Waals surface area contributed by atoms with E-state index in [0.29, 0.717) is 5.75 Å². The molecule has 0 radical (unpaired) electrons. The van der Waals surface area contributed by atoms with E-state index in [0.717, 1.165) is 11.4 Å². The molecule has 0 atom stereocenters. The van der Waals surface area contributed by atoms with E-state index in [9.17, 15) is 10.1 Å². The maximum atomic E-state index is 11.0. The van der Waals surface area contributed by atoms with Gasteiger partial charge in [0.15, 0.2) is 5.69 Å². The summed E-state index contributed by atoms with van der Waals surface area (Å²) >= 11 is 0. The van der Waals surface area contributed by atoms with Gasteiger partial charge in [0.2, 0.25) is 5.76 Å². The van der Waals surface area contributed by atoms with Gasteiger partial charge in [-0.2, -0.15) is 0 Å². The predicted molar refractivity (Wildman–Crippen MR) is 93.5 cm³/mol. The van der Waals surface area contributed by atoms with E-state index < -0.39 is 4.92 Å². The van der Waals surface area contributed by atoms with Crippen molar-refractivity contribution in [2.45, 2.75) is 6.92 Å². The van der Waals surface area contributed by atoms with Crippen LogP contribution in [0.2, 0.25) is 0 Å². The van der Waals surface area contributed by atoms with Crippen molar-refractivity contribution in [2.75, 3.05) is 5.32 Å². The SMILES string of the molecule is Cc1noc(C=CNc2ccc(Oc3ccccc3)cc2)c1[N+](=O)[O-]. The molecule has 0 saturated heterocycles. The summed E-state index contributed by atoms with van der Waals surface area (Å²) in [6, 6.07) is 16.8. The molecule has 126 valence electrons. The maximum Gasteiger partial charge on any atom is 0.338 e. The number of benzene rings is 2. The lowest BCUT2D eigenvalue weighted by Gasteiger charge is -2.06. The molecular formula is C18H15N3O4. The van der Waals surface area contributed by atoms with Crippen molar-refractivity contribution in [3.05, 3.63) is 82.4 Å². The summed E-state index contributed by atoms with van der Waals surface area (Å²) in [7, 11) is 0. The lowest BCUT2D eigenvalue weighted by molar-refractivity contribution is -0.386. The molecule has 3 aromatic rings. The fraction of sp³-hybridized carbons (Fsp3) is 0.0556. The molecule has 25 heavy (non-hydrogen) atoms. The molecule has 0 fully saturated rings. The first-order valence-corrected chi connectivity index (χ1v) is 7.50. The number of nitro groups is 1. The van der Waals surface area contributed by atoms with E-state index in [1.807, 2.05) is 54.6 Å². The minimum Gasteiger partial charge on any atom is -0.457 e. The number of para-hydroxylation sites is 1. The summed E-state index contributed by atoms with van der Waals surface area (Å²) in [5.41, 5.74) is 0.910. The zero-order valence-electron chi connectivity index (χ0n) is 13.4. The highest BCUT2D eigenvalue weighted by atomic mass is 16.6. The predicted octanol–water partition coefficient (Wildman–Crippen LogP) is 4.77. The van der Waals surface area contributed by atoms with Crippen LogP contribution >= 0.6 is 0 Å². The Kier molecular flexibility index (Phi) is 4.75. The van der Waals surface area contributed by atoms with Crippen molar-refractivity contribution in [3.8, 4) is 11.5 Å². The summed E-state index contributed by atoms with van der Waals surface area (Å²) in [5.74, 6) is 1.57. The van der Waals surface area contributed by atoms with Gasteiger partial charge in [0.05, 0.1) is 4.92 Å². The van der Waals surface area contributed by atoms with Gasteiger partial charge in [0, 0.05) is 18.0 Å². The second kappa shape index (κ2) is 7.31. The van der Waals surface area contributed by atoms with E-state index in [1.54, 1.807) is 6.20 Å². The molecule has 0 spiro atoms. The number of hydrogen-bond acceptors (Lipinski definition) is 6. The number of aromatic nitrogens is 1. The van der Waals surface area contributed by atoms with Gasteiger partial charge in [-0.3, -0.25) is 10.1 Å². The van der Waals surface area contributed by atoms with Crippen LogP contribution in [-0.4, -0.2) is 10.1 Å². The largest absolute Gasteiger partial charge is 0.457 e. The van der Waals surface area contributed by atoms with Crippen molar-refractivity contribution in [3.63, 3.8) is 0 Å². The molecule has 7 nitrogen and oxygen atoms in total. The number of hydrogen-bond donors (Lipinski definition) is 1. The molecule has 2 aromatic carbocycles. The van der Waals surface area contributed by atoms with E-state index in [-0.39, 0.29) is 17.1 Å². The summed E-state index contributed by atoms with van der Waals surface area (Å²) < 4.78 is 10.6. The number of nitrogens with one attached hydrogen (secondary N) is 1. The van der Waals surface area contributed by atoms with Crippen LogP contribution in [0.4, 0.5) is 11.4 Å². The normalized spacial score (nSPS) is 10.8. The highest BCUT2D eigenvalue weighted by Crippen LogP contribution is 2.25. The van der Waals surface area contributed by atoms with Crippen molar-refractivity contribution < 1.29 is 14.2 Å². The average Bonchev–Trinajstić information content (AvgIpc) is 2.98. The highest BCUT2D eigenvalue weighted by molar-refractivity contribution is 5.60. The zero-order chi connectivity index (χ0) is 17.6. The molecule has 7 heteroatoms. The molecule has 0 saturated carbocycles. The molecular weight excluding hydrogens is 322 g/mol. The molecule has 0 bridgehead atoms. The number of aryl methyl sites for hydroxylation is 1. The Morgan fingerprint density at radius 2 is 1.80 bits per heavy atom. The fourth-order valence-corrected chi connectivity index (χ4v) is 2.17. The average molecular weight is 337 g/mol. The number of rotatable bonds is 6. The zero-order valence-corrected chi connectivity index (χ0v) is 13.4. The van der Waals surface area contributed by atoms with E-state index in [1.165, 1.54) is 13.0 Å². The molecule has 1 aromatic heterocycles. The maximum absolute atomic E-state index is 11.0. The van der Waals surface area contributed by atoms with Gasteiger partial charge in [0.1, 0.15) is 11.5 Å². The van der Waals surface area contributed by atoms with Gasteiger partial charge in [0.25, 0.3) is 0 Å². The Hall–Kier alpha value is -3.61. The van der Waals surface area contributed by atoms with Crippen LogP contribution in [0.5, 0.6) is 11.5 Å². The van der Waals surface area contributed by atoms with Crippen molar-refractivity contribution >= 4 is 17.5 Å². The molecule has 0 aliphatic heterocycles. The molecule has 0 unspecified atom stereocenters. The Morgan fingerprint density at radius 3 is 2.48 bits per heavy atom. The van der Waals surface area contributed by atoms with Crippen molar-refractivity contribution in [1.82, 2.24) is 5.16 Å². The van der Waals surface area contributed by atoms with Gasteiger partial charge >= 0.3 is 5.69 Å². The van der Waals surface area contributed by atoms with Gasteiger partial charge in [-0.05, 0) is 43.3 Å². The first kappa shape index (κ1) is 16.3. The Balaban J connectivity index is 1.63. The second-order valence-corrected chi connectivity index (χ2v) is 5.16. The highest BCUT2D eigenvalue weighted by Gasteiger charge is 2.21. The standard InChI is InChI=1S/C18H15N3O4/c1-13-18(21(22)23)17(25-20-13)11-12-19-14-7-9-16(10-8-14)24-15-5-3-2-4-6-15/h2-12,19H,1H3. The third-order valence-corrected chi connectivity index (χ3v) is 3.36. The lowest BCUT2D eigenvalue weighted by Crippen LogP contribution is -1.91.